The molecular weight excluding hydrogens is 272 g/mol. The molecule has 116 valence electrons. The highest BCUT2D eigenvalue weighted by Gasteiger charge is 2.24. The Morgan fingerprint density at radius 1 is 1.25 bits per heavy atom. The summed E-state index contributed by atoms with van der Waals surface area (Å²) in [6, 6.07) is 0.270. The molecule has 0 heterocycles. The van der Waals surface area contributed by atoms with E-state index in [1.807, 2.05) is 32.5 Å². The van der Waals surface area contributed by atoms with Gasteiger partial charge >= 0.3 is 0 Å². The molecule has 0 bridgehead atoms. The van der Waals surface area contributed by atoms with E-state index in [0.29, 0.717) is 5.25 Å². The molecule has 0 saturated heterocycles. The molecule has 2 amide bonds. The minimum atomic E-state index is -0.450. The van der Waals surface area contributed by atoms with Crippen molar-refractivity contribution < 1.29 is 9.59 Å². The SMILES string of the molecule is CCS[C@@H]1CCC[C@@H](NC(=O)CNC(=O)C(C)(C)C)C1. The van der Waals surface area contributed by atoms with Crippen LogP contribution in [0.5, 0.6) is 0 Å². The van der Waals surface area contributed by atoms with E-state index in [0.717, 1.165) is 18.6 Å². The molecule has 1 fully saturated rings. The molecule has 0 aromatic heterocycles. The van der Waals surface area contributed by atoms with E-state index in [-0.39, 0.29) is 24.4 Å². The van der Waals surface area contributed by atoms with Crippen LogP contribution in [0.25, 0.3) is 0 Å². The van der Waals surface area contributed by atoms with Crippen LogP contribution in [0.1, 0.15) is 53.4 Å². The van der Waals surface area contributed by atoms with Crippen molar-refractivity contribution in [1.29, 1.82) is 0 Å². The van der Waals surface area contributed by atoms with E-state index >= 15 is 0 Å². The second-order valence-corrected chi connectivity index (χ2v) is 8.02. The number of carbonyl (C=O) groups is 2. The third-order valence-electron chi connectivity index (χ3n) is 3.48. The second kappa shape index (κ2) is 7.91. The van der Waals surface area contributed by atoms with Crippen LogP contribution in [0.2, 0.25) is 0 Å². The predicted molar refractivity (Wildman–Crippen MR) is 84.8 cm³/mol. The summed E-state index contributed by atoms with van der Waals surface area (Å²) in [5.74, 6) is 0.970. The van der Waals surface area contributed by atoms with Crippen LogP contribution in [-0.4, -0.2) is 35.4 Å². The maximum absolute atomic E-state index is 11.9. The highest BCUT2D eigenvalue weighted by molar-refractivity contribution is 7.99. The third kappa shape index (κ3) is 6.16. The Bertz CT molecular complexity index is 337. The average molecular weight is 300 g/mol. The molecule has 0 radical (unpaired) electrons. The van der Waals surface area contributed by atoms with Crippen LogP contribution in [0.3, 0.4) is 0 Å². The first-order valence-corrected chi connectivity index (χ1v) is 8.57. The van der Waals surface area contributed by atoms with Gasteiger partial charge in [0, 0.05) is 16.7 Å². The number of thioether (sulfide) groups is 1. The van der Waals surface area contributed by atoms with Gasteiger partial charge in [-0.15, -0.1) is 0 Å². The average Bonchev–Trinajstić information content (AvgIpc) is 2.35. The summed E-state index contributed by atoms with van der Waals surface area (Å²) < 4.78 is 0. The second-order valence-electron chi connectivity index (χ2n) is 6.44. The van der Waals surface area contributed by atoms with Gasteiger partial charge in [-0.2, -0.15) is 11.8 Å². The molecule has 0 aromatic rings. The van der Waals surface area contributed by atoms with Gasteiger partial charge in [-0.25, -0.2) is 0 Å². The van der Waals surface area contributed by atoms with Crippen LogP contribution in [0.15, 0.2) is 0 Å². The Hall–Kier alpha value is -0.710. The van der Waals surface area contributed by atoms with Crippen molar-refractivity contribution in [3.63, 3.8) is 0 Å². The summed E-state index contributed by atoms with van der Waals surface area (Å²) in [4.78, 5) is 23.6. The van der Waals surface area contributed by atoms with E-state index in [2.05, 4.69) is 17.6 Å². The van der Waals surface area contributed by atoms with Crippen LogP contribution in [0, 0.1) is 5.41 Å². The Labute approximate surface area is 126 Å². The van der Waals surface area contributed by atoms with E-state index in [1.165, 1.54) is 12.8 Å². The summed E-state index contributed by atoms with van der Waals surface area (Å²) >= 11 is 1.98. The summed E-state index contributed by atoms with van der Waals surface area (Å²) in [5.41, 5.74) is -0.450. The number of hydrogen-bond donors (Lipinski definition) is 2. The molecule has 1 aliphatic rings. The molecule has 5 heteroatoms. The van der Waals surface area contributed by atoms with Crippen molar-refractivity contribution in [2.75, 3.05) is 12.3 Å². The lowest BCUT2D eigenvalue weighted by Crippen LogP contribution is -2.46. The largest absolute Gasteiger partial charge is 0.352 e. The first-order chi connectivity index (χ1) is 9.32. The van der Waals surface area contributed by atoms with Crippen molar-refractivity contribution in [1.82, 2.24) is 10.6 Å². The van der Waals surface area contributed by atoms with E-state index in [9.17, 15) is 9.59 Å². The van der Waals surface area contributed by atoms with Gasteiger partial charge in [0.05, 0.1) is 6.54 Å². The molecule has 0 aliphatic heterocycles. The summed E-state index contributed by atoms with van der Waals surface area (Å²) in [6.45, 7) is 7.78. The van der Waals surface area contributed by atoms with Gasteiger partial charge in [0.15, 0.2) is 0 Å². The molecule has 2 atom stereocenters. The zero-order valence-electron chi connectivity index (χ0n) is 13.1. The molecule has 1 saturated carbocycles. The van der Waals surface area contributed by atoms with Crippen molar-refractivity contribution in [2.45, 2.75) is 64.7 Å². The van der Waals surface area contributed by atoms with E-state index in [4.69, 9.17) is 0 Å². The standard InChI is InChI=1S/C15H28N2O2S/c1-5-20-12-8-6-7-11(9-12)17-13(18)10-16-14(19)15(2,3)4/h11-12H,5-10H2,1-4H3,(H,16,19)(H,17,18)/t11-,12-/m1/s1. The summed E-state index contributed by atoms with van der Waals surface area (Å²) in [7, 11) is 0. The number of rotatable bonds is 5. The van der Waals surface area contributed by atoms with Gasteiger partial charge in [-0.05, 0) is 25.0 Å². The smallest absolute Gasteiger partial charge is 0.239 e. The fourth-order valence-corrected chi connectivity index (χ4v) is 3.54. The molecule has 0 aromatic carbocycles. The topological polar surface area (TPSA) is 58.2 Å². The number of carbonyl (C=O) groups excluding carboxylic acids is 2. The number of hydrogen-bond acceptors (Lipinski definition) is 3. The van der Waals surface area contributed by atoms with Gasteiger partial charge in [0.25, 0.3) is 0 Å². The minimum absolute atomic E-state index is 0.0743. The Morgan fingerprint density at radius 2 is 1.95 bits per heavy atom. The lowest BCUT2D eigenvalue weighted by molar-refractivity contribution is -0.131. The van der Waals surface area contributed by atoms with Gasteiger partial charge in [-0.1, -0.05) is 34.1 Å². The van der Waals surface area contributed by atoms with Gasteiger partial charge < -0.3 is 10.6 Å². The van der Waals surface area contributed by atoms with Crippen LogP contribution in [0.4, 0.5) is 0 Å². The molecule has 4 nitrogen and oxygen atoms in total. The highest BCUT2D eigenvalue weighted by Crippen LogP contribution is 2.28. The highest BCUT2D eigenvalue weighted by atomic mass is 32.2. The van der Waals surface area contributed by atoms with Crippen molar-refractivity contribution in [3.05, 3.63) is 0 Å². The van der Waals surface area contributed by atoms with Gasteiger partial charge in [0.2, 0.25) is 11.8 Å². The number of nitrogens with one attached hydrogen (secondary N) is 2. The van der Waals surface area contributed by atoms with Crippen LogP contribution in [-0.2, 0) is 9.59 Å². The Balaban J connectivity index is 2.30. The molecule has 1 aliphatic carbocycles. The Morgan fingerprint density at radius 3 is 2.55 bits per heavy atom. The zero-order chi connectivity index (χ0) is 15.2. The maximum atomic E-state index is 11.9. The third-order valence-corrected chi connectivity index (χ3v) is 4.72. The number of amides is 2. The minimum Gasteiger partial charge on any atom is -0.352 e. The van der Waals surface area contributed by atoms with Crippen molar-refractivity contribution >= 4 is 23.6 Å². The first kappa shape index (κ1) is 17.3. The molecule has 0 unspecified atom stereocenters. The molecule has 0 spiro atoms. The van der Waals surface area contributed by atoms with E-state index in [1.54, 1.807) is 0 Å². The van der Waals surface area contributed by atoms with Crippen molar-refractivity contribution in [2.24, 2.45) is 5.41 Å². The maximum Gasteiger partial charge on any atom is 0.239 e. The summed E-state index contributed by atoms with van der Waals surface area (Å²) in [5, 5.41) is 6.41. The monoisotopic (exact) mass is 300 g/mol. The van der Waals surface area contributed by atoms with Crippen molar-refractivity contribution in [3.8, 4) is 0 Å². The molecule has 1 rings (SSSR count). The Kier molecular flexibility index (Phi) is 6.86. The lowest BCUT2D eigenvalue weighted by atomic mass is 9.95. The predicted octanol–water partition coefficient (Wildman–Crippen LogP) is 2.33. The molecular formula is C15H28N2O2S. The fourth-order valence-electron chi connectivity index (χ4n) is 2.37. The van der Waals surface area contributed by atoms with Crippen LogP contribution < -0.4 is 10.6 Å². The molecule has 2 N–H and O–H groups in total. The van der Waals surface area contributed by atoms with E-state index < -0.39 is 5.41 Å². The summed E-state index contributed by atoms with van der Waals surface area (Å²) in [6.07, 6.45) is 4.54. The lowest BCUT2D eigenvalue weighted by Gasteiger charge is -2.29. The molecule has 20 heavy (non-hydrogen) atoms. The first-order valence-electron chi connectivity index (χ1n) is 7.52. The van der Waals surface area contributed by atoms with Gasteiger partial charge in [-0.3, -0.25) is 9.59 Å². The quantitative estimate of drug-likeness (QED) is 0.819. The van der Waals surface area contributed by atoms with Gasteiger partial charge in [0.1, 0.15) is 0 Å². The normalized spacial score (nSPS) is 23.2. The zero-order valence-corrected chi connectivity index (χ0v) is 13.9. The van der Waals surface area contributed by atoms with Crippen LogP contribution >= 0.6 is 11.8 Å². The fraction of sp³-hybridized carbons (Fsp3) is 0.867.